The monoisotopic (exact) mass is 590 g/mol. The van der Waals surface area contributed by atoms with Gasteiger partial charge in [-0.05, 0) is 109 Å². The van der Waals surface area contributed by atoms with E-state index in [1.54, 1.807) is 5.57 Å². The Bertz CT molecular complexity index is 1100. The van der Waals surface area contributed by atoms with Crippen LogP contribution in [0.2, 0.25) is 0 Å². The van der Waals surface area contributed by atoms with Crippen molar-refractivity contribution in [1.82, 2.24) is 0 Å². The van der Waals surface area contributed by atoms with Gasteiger partial charge in [-0.25, -0.2) is 0 Å². The number of benzene rings is 1. The van der Waals surface area contributed by atoms with Gasteiger partial charge in [-0.3, -0.25) is 0 Å². The van der Waals surface area contributed by atoms with Gasteiger partial charge >= 0.3 is 0 Å². The molecule has 4 fully saturated rings. The van der Waals surface area contributed by atoms with Gasteiger partial charge in [-0.1, -0.05) is 103 Å². The van der Waals surface area contributed by atoms with E-state index >= 15 is 0 Å². The van der Waals surface area contributed by atoms with Crippen LogP contribution in [-0.4, -0.2) is 25.1 Å². The van der Waals surface area contributed by atoms with Crippen LogP contribution in [0.1, 0.15) is 118 Å². The summed E-state index contributed by atoms with van der Waals surface area (Å²) in [6, 6.07) is 10.5. The Labute approximate surface area is 263 Å². The molecule has 5 aliphatic rings. The van der Waals surface area contributed by atoms with Gasteiger partial charge < -0.3 is 14.2 Å². The maximum Gasteiger partial charge on any atom is 0.161 e. The molecule has 4 aliphatic carbocycles. The summed E-state index contributed by atoms with van der Waals surface area (Å²) < 4.78 is 19.8. The van der Waals surface area contributed by atoms with Gasteiger partial charge in [-0.2, -0.15) is 0 Å². The molecule has 1 aliphatic heterocycles. The number of allylic oxidation sites excluding steroid dienone is 1. The van der Waals surface area contributed by atoms with Crippen molar-refractivity contribution in [2.45, 2.75) is 138 Å². The van der Waals surface area contributed by atoms with Crippen LogP contribution in [0.25, 0.3) is 0 Å². The second kappa shape index (κ2) is 12.9. The van der Waals surface area contributed by atoms with Crippen molar-refractivity contribution in [1.29, 1.82) is 0 Å². The first-order valence-corrected chi connectivity index (χ1v) is 18.3. The van der Waals surface area contributed by atoms with Crippen molar-refractivity contribution in [3.8, 4) is 0 Å². The third-order valence-electron chi connectivity index (χ3n) is 14.3. The zero-order valence-corrected chi connectivity index (χ0v) is 28.5. The van der Waals surface area contributed by atoms with Crippen molar-refractivity contribution in [2.75, 3.05) is 6.61 Å². The maximum absolute atomic E-state index is 6.92. The summed E-state index contributed by atoms with van der Waals surface area (Å²) in [6.07, 6.45) is 16.4. The zero-order chi connectivity index (χ0) is 30.4. The van der Waals surface area contributed by atoms with Gasteiger partial charge in [0.25, 0.3) is 0 Å². The SMILES string of the molecule is CCC[C@@H](C)[C@H]1CC[C@H]2[C@@H]3CC=C4C[C@@H](O[C@H]5OC(COCc6ccccc6)[C@@H](C)[C@H](C)C5C)CC[C@]4(C)[C@H]3CC[C@]12C. The van der Waals surface area contributed by atoms with Crippen LogP contribution in [-0.2, 0) is 20.8 Å². The summed E-state index contributed by atoms with van der Waals surface area (Å²) in [5.41, 5.74) is 3.87. The van der Waals surface area contributed by atoms with E-state index in [9.17, 15) is 0 Å². The molecular weight excluding hydrogens is 528 g/mol. The fourth-order valence-corrected chi connectivity index (χ4v) is 11.3. The highest BCUT2D eigenvalue weighted by Crippen LogP contribution is 2.67. The number of hydrogen-bond acceptors (Lipinski definition) is 3. The number of hydrogen-bond donors (Lipinski definition) is 0. The van der Waals surface area contributed by atoms with Crippen LogP contribution >= 0.6 is 0 Å². The Balaban J connectivity index is 1.08. The number of ether oxygens (including phenoxy) is 3. The second-order valence-electron chi connectivity index (χ2n) is 16.4. The highest BCUT2D eigenvalue weighted by Gasteiger charge is 2.59. The lowest BCUT2D eigenvalue weighted by Crippen LogP contribution is -2.52. The molecule has 43 heavy (non-hydrogen) atoms. The fraction of sp³-hybridized carbons (Fsp3) is 0.800. The molecule has 1 aromatic carbocycles. The Morgan fingerprint density at radius 2 is 1.72 bits per heavy atom. The van der Waals surface area contributed by atoms with Crippen molar-refractivity contribution >= 4 is 0 Å². The summed E-state index contributed by atoms with van der Waals surface area (Å²) >= 11 is 0. The molecule has 6 rings (SSSR count). The van der Waals surface area contributed by atoms with Gasteiger partial charge in [0, 0.05) is 5.92 Å². The second-order valence-corrected chi connectivity index (χ2v) is 16.4. The summed E-state index contributed by atoms with van der Waals surface area (Å²) in [5, 5.41) is 0. The van der Waals surface area contributed by atoms with E-state index in [2.05, 4.69) is 84.9 Å². The molecule has 3 heteroatoms. The number of rotatable bonds is 9. The minimum Gasteiger partial charge on any atom is -0.374 e. The van der Waals surface area contributed by atoms with Crippen LogP contribution in [0.5, 0.6) is 0 Å². The van der Waals surface area contributed by atoms with Crippen LogP contribution in [0.4, 0.5) is 0 Å². The first-order valence-electron chi connectivity index (χ1n) is 18.3. The molecule has 240 valence electrons. The fourth-order valence-electron chi connectivity index (χ4n) is 11.3. The Kier molecular flexibility index (Phi) is 9.55. The van der Waals surface area contributed by atoms with Crippen LogP contribution < -0.4 is 0 Å². The largest absolute Gasteiger partial charge is 0.374 e. The summed E-state index contributed by atoms with van der Waals surface area (Å²) in [4.78, 5) is 0. The Morgan fingerprint density at radius 3 is 2.49 bits per heavy atom. The van der Waals surface area contributed by atoms with Crippen molar-refractivity contribution in [3.05, 3.63) is 47.5 Å². The van der Waals surface area contributed by atoms with Gasteiger partial charge in [-0.15, -0.1) is 0 Å². The quantitative estimate of drug-likeness (QED) is 0.268. The van der Waals surface area contributed by atoms with Gasteiger partial charge in [0.05, 0.1) is 25.4 Å². The molecule has 0 bridgehead atoms. The van der Waals surface area contributed by atoms with E-state index in [4.69, 9.17) is 14.2 Å². The molecule has 0 radical (unpaired) electrons. The topological polar surface area (TPSA) is 27.7 Å². The average molecular weight is 591 g/mol. The molecule has 3 saturated carbocycles. The zero-order valence-electron chi connectivity index (χ0n) is 28.5. The standard InChI is InChI=1S/C40H62O3/c1-8-12-26(2)34-17-18-35-33-16-15-31-23-32(19-21-39(31,6)36(33)20-22-40(34,35)7)42-38-29(5)27(3)28(4)37(43-38)25-41-24-30-13-10-9-11-14-30/h9-11,13-15,26-29,32-38H,8,12,16-25H2,1-7H3/t26-,27+,28+,29?,32+,33+,34-,35+,36+,37?,38+,39+,40-/m1/s1. The molecule has 1 heterocycles. The third-order valence-corrected chi connectivity index (χ3v) is 14.3. The van der Waals surface area contributed by atoms with E-state index in [1.807, 2.05) is 0 Å². The molecule has 1 saturated heterocycles. The molecule has 1 aromatic rings. The Morgan fingerprint density at radius 1 is 0.930 bits per heavy atom. The Hall–Kier alpha value is -1.16. The van der Waals surface area contributed by atoms with Gasteiger partial charge in [0.15, 0.2) is 6.29 Å². The van der Waals surface area contributed by atoms with Crippen molar-refractivity contribution in [2.24, 2.45) is 58.2 Å². The van der Waals surface area contributed by atoms with E-state index in [1.165, 1.54) is 63.4 Å². The average Bonchev–Trinajstić information content (AvgIpc) is 3.36. The molecule has 3 nitrogen and oxygen atoms in total. The van der Waals surface area contributed by atoms with E-state index in [0.717, 1.165) is 36.0 Å². The lowest BCUT2D eigenvalue weighted by Gasteiger charge is -2.58. The smallest absolute Gasteiger partial charge is 0.161 e. The van der Waals surface area contributed by atoms with Crippen LogP contribution in [0.15, 0.2) is 42.0 Å². The van der Waals surface area contributed by atoms with Crippen LogP contribution in [0, 0.1) is 58.2 Å². The summed E-state index contributed by atoms with van der Waals surface area (Å²) in [5.74, 6) is 5.90. The number of fused-ring (bicyclic) bond motifs is 5. The minimum absolute atomic E-state index is 0.0789. The van der Waals surface area contributed by atoms with Crippen LogP contribution in [0.3, 0.4) is 0 Å². The van der Waals surface area contributed by atoms with E-state index in [0.29, 0.717) is 41.8 Å². The molecule has 2 unspecified atom stereocenters. The van der Waals surface area contributed by atoms with Crippen molar-refractivity contribution < 1.29 is 14.2 Å². The van der Waals surface area contributed by atoms with Gasteiger partial charge in [0.2, 0.25) is 0 Å². The first-order chi connectivity index (χ1) is 20.7. The van der Waals surface area contributed by atoms with Gasteiger partial charge in [0.1, 0.15) is 0 Å². The van der Waals surface area contributed by atoms with E-state index < -0.39 is 0 Å². The lowest BCUT2D eigenvalue weighted by molar-refractivity contribution is -0.274. The molecule has 0 amide bonds. The van der Waals surface area contributed by atoms with Crippen molar-refractivity contribution in [3.63, 3.8) is 0 Å². The molecular formula is C40H62O3. The first kappa shape index (κ1) is 31.8. The summed E-state index contributed by atoms with van der Waals surface area (Å²) in [6.45, 7) is 18.6. The normalized spacial score (nSPS) is 45.0. The third kappa shape index (κ3) is 5.94. The molecule has 0 N–H and O–H groups in total. The summed E-state index contributed by atoms with van der Waals surface area (Å²) in [7, 11) is 0. The minimum atomic E-state index is -0.140. The molecule has 0 spiro atoms. The molecule has 13 atom stereocenters. The lowest BCUT2D eigenvalue weighted by atomic mass is 9.47. The predicted octanol–water partition coefficient (Wildman–Crippen LogP) is 10.2. The van der Waals surface area contributed by atoms with E-state index in [-0.39, 0.29) is 18.5 Å². The highest BCUT2D eigenvalue weighted by molar-refractivity contribution is 5.25. The highest BCUT2D eigenvalue weighted by atomic mass is 16.7. The predicted molar refractivity (Wildman–Crippen MR) is 176 cm³/mol. The maximum atomic E-state index is 6.92. The molecule has 0 aromatic heterocycles.